The van der Waals surface area contributed by atoms with Gasteiger partial charge in [0.1, 0.15) is 11.3 Å². The van der Waals surface area contributed by atoms with Crippen LogP contribution >= 0.6 is 11.6 Å². The molecule has 1 amide bonds. The predicted octanol–water partition coefficient (Wildman–Crippen LogP) is 2.90. The summed E-state index contributed by atoms with van der Waals surface area (Å²) in [5.74, 6) is 0.513. The molecular weight excluding hydrogens is 316 g/mol. The van der Waals surface area contributed by atoms with Crippen LogP contribution in [0, 0.1) is 0 Å². The second-order valence-electron chi connectivity index (χ2n) is 5.79. The summed E-state index contributed by atoms with van der Waals surface area (Å²) in [7, 11) is 0. The van der Waals surface area contributed by atoms with Crippen molar-refractivity contribution in [3.8, 4) is 5.75 Å². The average Bonchev–Trinajstić information content (AvgIpc) is 2.53. The third-order valence-corrected chi connectivity index (χ3v) is 4.13. The fourth-order valence-electron chi connectivity index (χ4n) is 2.84. The van der Waals surface area contributed by atoms with Gasteiger partial charge in [-0.2, -0.15) is 0 Å². The van der Waals surface area contributed by atoms with Crippen molar-refractivity contribution in [1.29, 1.82) is 0 Å². The summed E-state index contributed by atoms with van der Waals surface area (Å²) in [5, 5.41) is 1.43. The van der Waals surface area contributed by atoms with E-state index >= 15 is 0 Å². The molecular formula is C17H19ClN2O3. The van der Waals surface area contributed by atoms with Crippen LogP contribution in [0.15, 0.2) is 30.5 Å². The third-order valence-electron chi connectivity index (χ3n) is 3.80. The molecule has 122 valence electrons. The molecule has 1 aromatic heterocycles. The maximum absolute atomic E-state index is 12.4. The highest BCUT2D eigenvalue weighted by Gasteiger charge is 2.26. The molecule has 2 aromatic rings. The highest BCUT2D eigenvalue weighted by molar-refractivity contribution is 6.35. The van der Waals surface area contributed by atoms with E-state index in [0.29, 0.717) is 29.4 Å². The minimum absolute atomic E-state index is 0.0211. The summed E-state index contributed by atoms with van der Waals surface area (Å²) in [6.07, 6.45) is 1.76. The Kier molecular flexibility index (Phi) is 4.68. The van der Waals surface area contributed by atoms with E-state index in [1.54, 1.807) is 23.2 Å². The maximum atomic E-state index is 12.4. The number of carbonyl (C=O) groups excluding carboxylic acids is 1. The lowest BCUT2D eigenvalue weighted by Crippen LogP contribution is -2.49. The molecule has 6 heteroatoms. The van der Waals surface area contributed by atoms with Crippen LogP contribution in [-0.2, 0) is 9.53 Å². The number of morpholine rings is 1. The van der Waals surface area contributed by atoms with Crippen LogP contribution in [0.1, 0.15) is 13.8 Å². The van der Waals surface area contributed by atoms with Crippen LogP contribution in [-0.4, -0.2) is 47.7 Å². The average molecular weight is 335 g/mol. The van der Waals surface area contributed by atoms with E-state index in [9.17, 15) is 4.79 Å². The fraction of sp³-hybridized carbons (Fsp3) is 0.412. The number of amides is 1. The smallest absolute Gasteiger partial charge is 0.260 e. The molecule has 0 bridgehead atoms. The summed E-state index contributed by atoms with van der Waals surface area (Å²) < 4.78 is 11.3. The molecule has 1 aromatic carbocycles. The Morgan fingerprint density at radius 3 is 2.83 bits per heavy atom. The predicted molar refractivity (Wildman–Crippen MR) is 88.8 cm³/mol. The summed E-state index contributed by atoms with van der Waals surface area (Å²) >= 11 is 6.16. The van der Waals surface area contributed by atoms with E-state index in [4.69, 9.17) is 21.1 Å². The molecule has 1 aliphatic heterocycles. The SMILES string of the molecule is C[C@@H]1CN(C(=O)COc2ccc(Cl)c3cccnc23)C[C@H](C)O1. The van der Waals surface area contributed by atoms with Gasteiger partial charge in [-0.3, -0.25) is 9.78 Å². The van der Waals surface area contributed by atoms with E-state index in [1.165, 1.54) is 0 Å². The highest BCUT2D eigenvalue weighted by atomic mass is 35.5. The molecule has 0 spiro atoms. The number of fused-ring (bicyclic) bond motifs is 1. The Bertz CT molecular complexity index is 712. The monoisotopic (exact) mass is 334 g/mol. The lowest BCUT2D eigenvalue weighted by molar-refractivity contribution is -0.145. The standard InChI is InChI=1S/C17H19ClN2O3/c1-11-8-20(9-12(2)23-11)16(21)10-22-15-6-5-14(18)13-4-3-7-19-17(13)15/h3-7,11-12H,8-10H2,1-2H3/t11-,12+. The van der Waals surface area contributed by atoms with Crippen LogP contribution in [0.25, 0.3) is 10.9 Å². The quantitative estimate of drug-likeness (QED) is 0.866. The van der Waals surface area contributed by atoms with Crippen molar-refractivity contribution in [2.24, 2.45) is 0 Å². The van der Waals surface area contributed by atoms with Crippen molar-refractivity contribution in [3.05, 3.63) is 35.5 Å². The van der Waals surface area contributed by atoms with Crippen molar-refractivity contribution in [2.45, 2.75) is 26.1 Å². The Morgan fingerprint density at radius 1 is 1.35 bits per heavy atom. The first-order valence-corrected chi connectivity index (χ1v) is 8.01. The van der Waals surface area contributed by atoms with Gasteiger partial charge in [-0.25, -0.2) is 0 Å². The van der Waals surface area contributed by atoms with Gasteiger partial charge in [-0.1, -0.05) is 11.6 Å². The van der Waals surface area contributed by atoms with Crippen LogP contribution in [0.2, 0.25) is 5.02 Å². The molecule has 23 heavy (non-hydrogen) atoms. The van der Waals surface area contributed by atoms with E-state index in [1.807, 2.05) is 26.0 Å². The molecule has 1 saturated heterocycles. The van der Waals surface area contributed by atoms with Crippen molar-refractivity contribution in [3.63, 3.8) is 0 Å². The second-order valence-corrected chi connectivity index (χ2v) is 6.20. The van der Waals surface area contributed by atoms with Crippen LogP contribution in [0.3, 0.4) is 0 Å². The Morgan fingerprint density at radius 2 is 2.09 bits per heavy atom. The van der Waals surface area contributed by atoms with Gasteiger partial charge >= 0.3 is 0 Å². The molecule has 0 saturated carbocycles. The Labute approximate surface area is 140 Å². The largest absolute Gasteiger partial charge is 0.481 e. The maximum Gasteiger partial charge on any atom is 0.260 e. The molecule has 2 atom stereocenters. The van der Waals surface area contributed by atoms with Crippen LogP contribution < -0.4 is 4.74 Å². The number of benzene rings is 1. The molecule has 1 fully saturated rings. The molecule has 0 unspecified atom stereocenters. The first-order valence-electron chi connectivity index (χ1n) is 7.64. The van der Waals surface area contributed by atoms with Crippen molar-refractivity contribution in [2.75, 3.05) is 19.7 Å². The Hall–Kier alpha value is -1.85. The molecule has 1 aliphatic rings. The van der Waals surface area contributed by atoms with Gasteiger partial charge in [0.25, 0.3) is 5.91 Å². The van der Waals surface area contributed by atoms with Crippen LogP contribution in [0.4, 0.5) is 0 Å². The number of nitrogens with zero attached hydrogens (tertiary/aromatic N) is 2. The zero-order valence-electron chi connectivity index (χ0n) is 13.2. The molecule has 0 N–H and O–H groups in total. The van der Waals surface area contributed by atoms with Crippen molar-refractivity contribution < 1.29 is 14.3 Å². The molecule has 5 nitrogen and oxygen atoms in total. The van der Waals surface area contributed by atoms with Crippen molar-refractivity contribution in [1.82, 2.24) is 9.88 Å². The third kappa shape index (κ3) is 3.57. The fourth-order valence-corrected chi connectivity index (χ4v) is 3.06. The van der Waals surface area contributed by atoms with E-state index in [2.05, 4.69) is 4.98 Å². The van der Waals surface area contributed by atoms with E-state index in [-0.39, 0.29) is 24.7 Å². The Balaban J connectivity index is 1.71. The number of ether oxygens (including phenoxy) is 2. The first kappa shape index (κ1) is 16.0. The number of hydrogen-bond acceptors (Lipinski definition) is 4. The van der Waals surface area contributed by atoms with Crippen LogP contribution in [0.5, 0.6) is 5.75 Å². The highest BCUT2D eigenvalue weighted by Crippen LogP contribution is 2.29. The number of rotatable bonds is 3. The van der Waals surface area contributed by atoms with Gasteiger partial charge in [-0.05, 0) is 38.1 Å². The van der Waals surface area contributed by atoms with Gasteiger partial charge in [0.15, 0.2) is 6.61 Å². The van der Waals surface area contributed by atoms with E-state index < -0.39 is 0 Å². The zero-order chi connectivity index (χ0) is 16.4. The summed E-state index contributed by atoms with van der Waals surface area (Å²) in [5.41, 5.74) is 0.663. The molecule has 0 radical (unpaired) electrons. The number of hydrogen-bond donors (Lipinski definition) is 0. The number of aromatic nitrogens is 1. The van der Waals surface area contributed by atoms with Gasteiger partial charge in [0.05, 0.1) is 17.2 Å². The minimum Gasteiger partial charge on any atom is -0.481 e. The zero-order valence-corrected chi connectivity index (χ0v) is 13.9. The topological polar surface area (TPSA) is 51.7 Å². The number of carbonyl (C=O) groups is 1. The lowest BCUT2D eigenvalue weighted by atomic mass is 10.2. The first-order chi connectivity index (χ1) is 11.0. The second kappa shape index (κ2) is 6.72. The van der Waals surface area contributed by atoms with E-state index in [0.717, 1.165) is 5.39 Å². The van der Waals surface area contributed by atoms with Gasteiger partial charge in [-0.15, -0.1) is 0 Å². The van der Waals surface area contributed by atoms with Gasteiger partial charge in [0.2, 0.25) is 0 Å². The normalized spacial score (nSPS) is 21.4. The van der Waals surface area contributed by atoms with Crippen molar-refractivity contribution >= 4 is 28.4 Å². The molecule has 0 aliphatic carbocycles. The molecule has 2 heterocycles. The summed E-state index contributed by atoms with van der Waals surface area (Å²) in [4.78, 5) is 18.4. The number of halogens is 1. The molecule has 3 rings (SSSR count). The van der Waals surface area contributed by atoms with Gasteiger partial charge in [0, 0.05) is 24.7 Å². The van der Waals surface area contributed by atoms with Gasteiger partial charge < -0.3 is 14.4 Å². The summed E-state index contributed by atoms with van der Waals surface area (Å²) in [6.45, 7) is 5.09. The minimum atomic E-state index is -0.0500. The number of pyridine rings is 1. The summed E-state index contributed by atoms with van der Waals surface area (Å²) in [6, 6.07) is 7.20. The lowest BCUT2D eigenvalue weighted by Gasteiger charge is -2.35.